The highest BCUT2D eigenvalue weighted by atomic mass is 15.5. The molecule has 1 N–H and O–H groups in total. The number of tetrazole rings is 1. The fourth-order valence-corrected chi connectivity index (χ4v) is 3.82. The van der Waals surface area contributed by atoms with Crippen molar-refractivity contribution < 1.29 is 0 Å². The van der Waals surface area contributed by atoms with Gasteiger partial charge in [0, 0.05) is 6.04 Å². The first-order valence-electron chi connectivity index (χ1n) is 9.36. The molecule has 2 aromatic carbocycles. The fraction of sp³-hybridized carbons (Fsp3) is 0.381. The van der Waals surface area contributed by atoms with E-state index in [4.69, 9.17) is 0 Å². The number of hydrogen-bond donors (Lipinski definition) is 1. The Labute approximate surface area is 154 Å². The van der Waals surface area contributed by atoms with Gasteiger partial charge >= 0.3 is 0 Å². The van der Waals surface area contributed by atoms with Crippen LogP contribution in [-0.2, 0) is 6.54 Å². The minimum absolute atomic E-state index is 0.355. The van der Waals surface area contributed by atoms with E-state index in [1.807, 2.05) is 4.68 Å². The zero-order chi connectivity index (χ0) is 17.9. The predicted octanol–water partition coefficient (Wildman–Crippen LogP) is 3.91. The summed E-state index contributed by atoms with van der Waals surface area (Å²) in [4.78, 5) is 0. The maximum atomic E-state index is 4.28. The molecular weight excluding hydrogens is 322 g/mol. The van der Waals surface area contributed by atoms with Gasteiger partial charge in [-0.1, -0.05) is 55.0 Å². The van der Waals surface area contributed by atoms with Crippen molar-refractivity contribution in [3.05, 3.63) is 71.0 Å². The summed E-state index contributed by atoms with van der Waals surface area (Å²) in [5.41, 5.74) is 4.78. The molecule has 5 nitrogen and oxygen atoms in total. The van der Waals surface area contributed by atoms with Gasteiger partial charge in [-0.2, -0.15) is 4.68 Å². The third-order valence-electron chi connectivity index (χ3n) is 5.45. The molecular formula is C21H25N5. The summed E-state index contributed by atoms with van der Waals surface area (Å²) in [5.74, 6) is 1.55. The van der Waals surface area contributed by atoms with E-state index in [0.29, 0.717) is 18.5 Å². The lowest BCUT2D eigenvalue weighted by Crippen LogP contribution is -2.32. The quantitative estimate of drug-likeness (QED) is 0.734. The Morgan fingerprint density at radius 1 is 1.04 bits per heavy atom. The minimum Gasteiger partial charge on any atom is -0.303 e. The molecule has 1 heterocycles. The lowest BCUT2D eigenvalue weighted by Gasteiger charge is -2.34. The molecule has 5 heteroatoms. The van der Waals surface area contributed by atoms with E-state index in [0.717, 1.165) is 11.5 Å². The van der Waals surface area contributed by atoms with Gasteiger partial charge in [0.25, 0.3) is 0 Å². The third-order valence-corrected chi connectivity index (χ3v) is 5.45. The van der Waals surface area contributed by atoms with Crippen LogP contribution in [0.15, 0.2) is 48.5 Å². The van der Waals surface area contributed by atoms with Gasteiger partial charge in [0.1, 0.15) is 0 Å². The van der Waals surface area contributed by atoms with Crippen molar-refractivity contribution in [3.8, 4) is 5.69 Å². The number of hydrogen-bond acceptors (Lipinski definition) is 4. The Morgan fingerprint density at radius 2 is 1.77 bits per heavy atom. The molecule has 4 rings (SSSR count). The van der Waals surface area contributed by atoms with E-state index in [1.165, 1.54) is 36.0 Å². The molecule has 0 unspecified atom stereocenters. The second-order valence-electron chi connectivity index (χ2n) is 7.21. The standard InChI is InChI=1S/C21H25N5/c1-15-8-6-9-16(2)21(15)26-19(23-24-25-26)14-22-20(18-12-7-13-18)17-10-4-3-5-11-17/h3-6,8-11,18,20,22H,7,12-14H2,1-2H3/t20-/m0/s1. The number of aromatic nitrogens is 4. The van der Waals surface area contributed by atoms with Crippen LogP contribution in [0, 0.1) is 19.8 Å². The Hall–Kier alpha value is -2.53. The molecule has 0 amide bonds. The Balaban J connectivity index is 1.57. The van der Waals surface area contributed by atoms with Crippen LogP contribution in [0.4, 0.5) is 0 Å². The van der Waals surface area contributed by atoms with Gasteiger partial charge in [-0.3, -0.25) is 0 Å². The number of nitrogens with zero attached hydrogens (tertiary/aromatic N) is 4. The fourth-order valence-electron chi connectivity index (χ4n) is 3.82. The van der Waals surface area contributed by atoms with Gasteiger partial charge in [-0.15, -0.1) is 5.10 Å². The number of nitrogens with one attached hydrogen (secondary N) is 1. The Kier molecular flexibility index (Phi) is 4.80. The van der Waals surface area contributed by atoms with Gasteiger partial charge in [0.15, 0.2) is 5.82 Å². The molecule has 3 aromatic rings. The summed E-state index contributed by atoms with van der Waals surface area (Å²) in [6.45, 7) is 4.85. The topological polar surface area (TPSA) is 55.6 Å². The van der Waals surface area contributed by atoms with Gasteiger partial charge in [0.2, 0.25) is 0 Å². The number of para-hydroxylation sites is 1. The first-order chi connectivity index (χ1) is 12.7. The summed E-state index contributed by atoms with van der Waals surface area (Å²) in [7, 11) is 0. The number of rotatable bonds is 6. The normalized spacial score (nSPS) is 15.6. The van der Waals surface area contributed by atoms with E-state index in [2.05, 4.69) is 83.2 Å². The SMILES string of the molecule is Cc1cccc(C)c1-n1nnnc1CN[C@@H](c1ccccc1)C1CCC1. The summed E-state index contributed by atoms with van der Waals surface area (Å²) in [6.07, 6.45) is 3.90. The Bertz CT molecular complexity index is 847. The van der Waals surface area contributed by atoms with E-state index < -0.39 is 0 Å². The minimum atomic E-state index is 0.355. The lowest BCUT2D eigenvalue weighted by molar-refractivity contribution is 0.228. The largest absolute Gasteiger partial charge is 0.303 e. The molecule has 0 saturated heterocycles. The summed E-state index contributed by atoms with van der Waals surface area (Å²) >= 11 is 0. The van der Waals surface area contributed by atoms with Crippen molar-refractivity contribution in [2.45, 2.75) is 45.7 Å². The molecule has 134 valence electrons. The second-order valence-corrected chi connectivity index (χ2v) is 7.21. The smallest absolute Gasteiger partial charge is 0.170 e. The van der Waals surface area contributed by atoms with E-state index >= 15 is 0 Å². The second kappa shape index (κ2) is 7.38. The van der Waals surface area contributed by atoms with Crippen LogP contribution < -0.4 is 5.32 Å². The highest BCUT2D eigenvalue weighted by Gasteiger charge is 2.28. The average molecular weight is 347 g/mol. The molecule has 1 fully saturated rings. The van der Waals surface area contributed by atoms with E-state index in [9.17, 15) is 0 Å². The number of aryl methyl sites for hydroxylation is 2. The molecule has 0 spiro atoms. The van der Waals surface area contributed by atoms with Crippen LogP contribution in [0.3, 0.4) is 0 Å². The summed E-state index contributed by atoms with van der Waals surface area (Å²) < 4.78 is 1.88. The number of benzene rings is 2. The van der Waals surface area contributed by atoms with Crippen LogP contribution in [0.2, 0.25) is 0 Å². The third kappa shape index (κ3) is 3.27. The molecule has 1 atom stereocenters. The molecule has 26 heavy (non-hydrogen) atoms. The van der Waals surface area contributed by atoms with E-state index in [1.54, 1.807) is 0 Å². The maximum Gasteiger partial charge on any atom is 0.170 e. The zero-order valence-electron chi connectivity index (χ0n) is 15.4. The van der Waals surface area contributed by atoms with Gasteiger partial charge in [0.05, 0.1) is 12.2 Å². The van der Waals surface area contributed by atoms with Crippen molar-refractivity contribution >= 4 is 0 Å². The molecule has 1 aromatic heterocycles. The highest BCUT2D eigenvalue weighted by molar-refractivity contribution is 5.46. The molecule has 1 saturated carbocycles. The average Bonchev–Trinajstić information content (AvgIpc) is 3.05. The van der Waals surface area contributed by atoms with Crippen molar-refractivity contribution in [3.63, 3.8) is 0 Å². The van der Waals surface area contributed by atoms with E-state index in [-0.39, 0.29) is 0 Å². The Morgan fingerprint density at radius 3 is 2.42 bits per heavy atom. The van der Waals surface area contributed by atoms with Crippen molar-refractivity contribution in [2.75, 3.05) is 0 Å². The highest BCUT2D eigenvalue weighted by Crippen LogP contribution is 2.37. The maximum absolute atomic E-state index is 4.28. The van der Waals surface area contributed by atoms with Crippen LogP contribution >= 0.6 is 0 Å². The monoisotopic (exact) mass is 347 g/mol. The molecule has 0 bridgehead atoms. The first kappa shape index (κ1) is 16.9. The summed E-state index contributed by atoms with van der Waals surface area (Å²) in [6, 6.07) is 17.3. The van der Waals surface area contributed by atoms with Gasteiger partial charge in [-0.25, -0.2) is 0 Å². The van der Waals surface area contributed by atoms with Gasteiger partial charge in [-0.05, 0) is 59.7 Å². The summed E-state index contributed by atoms with van der Waals surface area (Å²) in [5, 5.41) is 16.2. The first-order valence-corrected chi connectivity index (χ1v) is 9.36. The predicted molar refractivity (Wildman–Crippen MR) is 102 cm³/mol. The van der Waals surface area contributed by atoms with Crippen LogP contribution in [0.5, 0.6) is 0 Å². The van der Waals surface area contributed by atoms with Crippen molar-refractivity contribution in [1.82, 2.24) is 25.5 Å². The molecule has 1 aliphatic carbocycles. The van der Waals surface area contributed by atoms with Crippen molar-refractivity contribution in [2.24, 2.45) is 5.92 Å². The van der Waals surface area contributed by atoms with Crippen molar-refractivity contribution in [1.29, 1.82) is 0 Å². The molecule has 1 aliphatic rings. The molecule has 0 radical (unpaired) electrons. The van der Waals surface area contributed by atoms with Crippen LogP contribution in [0.25, 0.3) is 5.69 Å². The van der Waals surface area contributed by atoms with Crippen LogP contribution in [-0.4, -0.2) is 20.2 Å². The lowest BCUT2D eigenvalue weighted by atomic mass is 9.77. The zero-order valence-corrected chi connectivity index (χ0v) is 15.4. The molecule has 0 aliphatic heterocycles. The van der Waals surface area contributed by atoms with Crippen LogP contribution in [0.1, 0.15) is 47.8 Å². The van der Waals surface area contributed by atoms with Gasteiger partial charge < -0.3 is 5.32 Å².